The molecule has 1 atom stereocenters. The number of ether oxygens (including phenoxy) is 3. The smallest absolute Gasteiger partial charge is 0.341 e. The second kappa shape index (κ2) is 9.77. The van der Waals surface area contributed by atoms with Crippen molar-refractivity contribution >= 4 is 33.6 Å². The lowest BCUT2D eigenvalue weighted by Gasteiger charge is -2.21. The van der Waals surface area contributed by atoms with E-state index in [0.717, 1.165) is 0 Å². The molecule has 12 heteroatoms. The first-order valence-corrected chi connectivity index (χ1v) is 11.4. The van der Waals surface area contributed by atoms with Gasteiger partial charge in [-0.15, -0.1) is 0 Å². The summed E-state index contributed by atoms with van der Waals surface area (Å²) in [5.41, 5.74) is 4.77. The monoisotopic (exact) mass is 477 g/mol. The molecule has 1 aliphatic heterocycles. The number of esters is 1. The van der Waals surface area contributed by atoms with Crippen LogP contribution in [-0.2, 0) is 19.6 Å². The second-order valence-corrected chi connectivity index (χ2v) is 9.06. The van der Waals surface area contributed by atoms with Gasteiger partial charge in [-0.1, -0.05) is 26.0 Å². The predicted octanol–water partition coefficient (Wildman–Crippen LogP) is 1.63. The Morgan fingerprint density at radius 2 is 1.70 bits per heavy atom. The molecule has 0 bridgehead atoms. The van der Waals surface area contributed by atoms with Crippen LogP contribution in [0.2, 0.25) is 0 Å². The number of imide groups is 1. The average Bonchev–Trinajstić information content (AvgIpc) is 2.76. The fraction of sp³-hybridized carbons (Fsp3) is 0.286. The summed E-state index contributed by atoms with van der Waals surface area (Å²) >= 11 is 0. The van der Waals surface area contributed by atoms with Crippen molar-refractivity contribution in [1.82, 2.24) is 5.32 Å². The number of fused-ring (bicyclic) bond motifs is 1. The molecule has 1 aliphatic rings. The van der Waals surface area contributed by atoms with Crippen molar-refractivity contribution in [3.8, 4) is 11.5 Å². The van der Waals surface area contributed by atoms with Gasteiger partial charge in [0, 0.05) is 6.07 Å². The van der Waals surface area contributed by atoms with Gasteiger partial charge in [0.15, 0.2) is 17.6 Å². The molecule has 0 spiro atoms. The Balaban J connectivity index is 1.84. The van der Waals surface area contributed by atoms with Gasteiger partial charge in [0.2, 0.25) is 0 Å². The summed E-state index contributed by atoms with van der Waals surface area (Å²) in [5.74, 6) is -1.63. The van der Waals surface area contributed by atoms with Crippen LogP contribution in [0.1, 0.15) is 24.2 Å². The number of primary amides is 1. The van der Waals surface area contributed by atoms with E-state index in [-0.39, 0.29) is 21.9 Å². The summed E-state index contributed by atoms with van der Waals surface area (Å²) in [6.07, 6.45) is -1.33. The predicted molar refractivity (Wildman–Crippen MR) is 116 cm³/mol. The van der Waals surface area contributed by atoms with E-state index in [9.17, 15) is 22.8 Å². The van der Waals surface area contributed by atoms with Crippen LogP contribution in [0.15, 0.2) is 47.4 Å². The molecule has 0 saturated carbocycles. The van der Waals surface area contributed by atoms with Gasteiger partial charge >= 0.3 is 12.0 Å². The number of nitrogens with one attached hydrogen (secondary N) is 2. The molecule has 0 radical (unpaired) electrons. The maximum absolute atomic E-state index is 12.9. The Morgan fingerprint density at radius 1 is 1.03 bits per heavy atom. The van der Waals surface area contributed by atoms with E-state index in [4.69, 9.17) is 19.9 Å². The SMILES string of the molecule is CC(C)C(OC(=O)c1ccccc1NS(=O)(=O)c1ccc2c(c1)OCCO2)C(=O)NC(N)=O. The highest BCUT2D eigenvalue weighted by atomic mass is 32.2. The molecule has 0 aliphatic carbocycles. The summed E-state index contributed by atoms with van der Waals surface area (Å²) in [6.45, 7) is 3.87. The van der Waals surface area contributed by atoms with Crippen molar-refractivity contribution in [3.05, 3.63) is 48.0 Å². The Labute approximate surface area is 190 Å². The third kappa shape index (κ3) is 5.71. The fourth-order valence-corrected chi connectivity index (χ4v) is 4.10. The van der Waals surface area contributed by atoms with Gasteiger partial charge in [-0.25, -0.2) is 18.0 Å². The van der Waals surface area contributed by atoms with Gasteiger partial charge in [-0.05, 0) is 30.2 Å². The molecule has 2 aromatic rings. The number of rotatable bonds is 7. The minimum Gasteiger partial charge on any atom is -0.486 e. The molecule has 3 amide bonds. The molecule has 11 nitrogen and oxygen atoms in total. The van der Waals surface area contributed by atoms with Crippen LogP contribution in [0.25, 0.3) is 0 Å². The molecule has 1 unspecified atom stereocenters. The van der Waals surface area contributed by atoms with Crippen LogP contribution in [0.5, 0.6) is 11.5 Å². The van der Waals surface area contributed by atoms with Gasteiger partial charge in [0.1, 0.15) is 13.2 Å². The fourth-order valence-electron chi connectivity index (χ4n) is 3.01. The van der Waals surface area contributed by atoms with Crippen molar-refractivity contribution < 1.29 is 37.0 Å². The third-order valence-electron chi connectivity index (χ3n) is 4.56. The lowest BCUT2D eigenvalue weighted by molar-refractivity contribution is -0.130. The van der Waals surface area contributed by atoms with Crippen molar-refractivity contribution in [2.24, 2.45) is 11.7 Å². The normalized spacial score (nSPS) is 13.7. The Bertz CT molecular complexity index is 1180. The first-order valence-electron chi connectivity index (χ1n) is 9.91. The topological polar surface area (TPSA) is 163 Å². The summed E-state index contributed by atoms with van der Waals surface area (Å²) in [4.78, 5) is 35.8. The molecule has 0 fully saturated rings. The van der Waals surface area contributed by atoms with Crippen LogP contribution in [0, 0.1) is 5.92 Å². The van der Waals surface area contributed by atoms with Gasteiger partial charge in [-0.3, -0.25) is 14.8 Å². The molecule has 0 saturated heterocycles. The number of benzene rings is 2. The van der Waals surface area contributed by atoms with E-state index in [1.165, 1.54) is 42.5 Å². The highest BCUT2D eigenvalue weighted by molar-refractivity contribution is 7.92. The number of anilines is 1. The van der Waals surface area contributed by atoms with Gasteiger partial charge in [0.05, 0.1) is 16.1 Å². The number of nitrogens with two attached hydrogens (primary N) is 1. The minimum atomic E-state index is -4.11. The van der Waals surface area contributed by atoms with E-state index >= 15 is 0 Å². The molecule has 3 rings (SSSR count). The zero-order valence-electron chi connectivity index (χ0n) is 17.9. The first kappa shape index (κ1) is 23.9. The number of carbonyl (C=O) groups is 3. The molecule has 0 aromatic heterocycles. The zero-order valence-corrected chi connectivity index (χ0v) is 18.7. The van der Waals surface area contributed by atoms with Crippen LogP contribution >= 0.6 is 0 Å². The second-order valence-electron chi connectivity index (χ2n) is 7.38. The molecule has 2 aromatic carbocycles. The number of carbonyl (C=O) groups excluding carboxylic acids is 3. The standard InChI is InChI=1S/C21H23N3O8S/c1-12(2)18(19(25)23-21(22)27)32-20(26)14-5-3-4-6-15(14)24-33(28,29)13-7-8-16-17(11-13)31-10-9-30-16/h3-8,11-12,18,24H,9-10H2,1-2H3,(H3,22,23,25,27). The molecule has 4 N–H and O–H groups in total. The quantitative estimate of drug-likeness (QED) is 0.507. The van der Waals surface area contributed by atoms with Gasteiger partial charge in [0.25, 0.3) is 15.9 Å². The highest BCUT2D eigenvalue weighted by Crippen LogP contribution is 2.33. The molecular weight excluding hydrogens is 454 g/mol. The highest BCUT2D eigenvalue weighted by Gasteiger charge is 2.29. The summed E-state index contributed by atoms with van der Waals surface area (Å²) < 4.78 is 44.3. The lowest BCUT2D eigenvalue weighted by Crippen LogP contribution is -2.45. The van der Waals surface area contributed by atoms with E-state index in [0.29, 0.717) is 19.0 Å². The Morgan fingerprint density at radius 3 is 2.36 bits per heavy atom. The summed E-state index contributed by atoms with van der Waals surface area (Å²) in [7, 11) is -4.11. The molecule has 33 heavy (non-hydrogen) atoms. The van der Waals surface area contributed by atoms with E-state index in [1.54, 1.807) is 13.8 Å². The van der Waals surface area contributed by atoms with Crippen molar-refractivity contribution in [2.75, 3.05) is 17.9 Å². The Hall–Kier alpha value is -3.80. The van der Waals surface area contributed by atoms with Crippen LogP contribution in [-0.4, -0.2) is 45.6 Å². The van der Waals surface area contributed by atoms with E-state index < -0.39 is 40.0 Å². The van der Waals surface area contributed by atoms with Crippen molar-refractivity contribution in [1.29, 1.82) is 0 Å². The number of hydrogen-bond acceptors (Lipinski definition) is 8. The first-order chi connectivity index (χ1) is 15.6. The van der Waals surface area contributed by atoms with Gasteiger partial charge < -0.3 is 19.9 Å². The number of hydrogen-bond donors (Lipinski definition) is 3. The molecular formula is C21H23N3O8S. The lowest BCUT2D eigenvalue weighted by atomic mass is 10.1. The van der Waals surface area contributed by atoms with Crippen molar-refractivity contribution in [3.63, 3.8) is 0 Å². The molecule has 1 heterocycles. The van der Waals surface area contributed by atoms with Crippen LogP contribution in [0.3, 0.4) is 0 Å². The molecule has 176 valence electrons. The van der Waals surface area contributed by atoms with E-state index in [2.05, 4.69) is 4.72 Å². The van der Waals surface area contributed by atoms with E-state index in [1.807, 2.05) is 5.32 Å². The maximum Gasteiger partial charge on any atom is 0.341 e. The minimum absolute atomic E-state index is 0.0600. The largest absolute Gasteiger partial charge is 0.486 e. The third-order valence-corrected chi connectivity index (χ3v) is 5.92. The number of amides is 3. The van der Waals surface area contributed by atoms with Crippen molar-refractivity contribution in [2.45, 2.75) is 24.8 Å². The number of para-hydroxylation sites is 1. The maximum atomic E-state index is 12.9. The van der Waals surface area contributed by atoms with Gasteiger partial charge in [-0.2, -0.15) is 0 Å². The summed E-state index contributed by atoms with van der Waals surface area (Å²) in [5, 5.41) is 1.87. The summed E-state index contributed by atoms with van der Waals surface area (Å²) in [6, 6.07) is 8.81. The van der Waals surface area contributed by atoms with Crippen LogP contribution < -0.4 is 25.2 Å². The zero-order chi connectivity index (χ0) is 24.2. The number of sulfonamides is 1. The number of urea groups is 1. The average molecular weight is 477 g/mol. The van der Waals surface area contributed by atoms with Crippen LogP contribution in [0.4, 0.5) is 10.5 Å². The Kier molecular flexibility index (Phi) is 7.07.